The second-order valence-corrected chi connectivity index (χ2v) is 6.94. The van der Waals surface area contributed by atoms with Crippen molar-refractivity contribution in [3.8, 4) is 0 Å². The Kier molecular flexibility index (Phi) is 5.15. The van der Waals surface area contributed by atoms with E-state index in [1.165, 1.54) is 24.6 Å². The SMILES string of the molecule is CCSCC(C)n1c(SCC(=O)O)nnc1C1CC1. The van der Waals surface area contributed by atoms with Crippen LogP contribution in [0, 0.1) is 0 Å². The van der Waals surface area contributed by atoms with Gasteiger partial charge in [0, 0.05) is 17.7 Å². The van der Waals surface area contributed by atoms with Crippen molar-refractivity contribution in [3.63, 3.8) is 0 Å². The van der Waals surface area contributed by atoms with Gasteiger partial charge in [-0.15, -0.1) is 10.2 Å². The standard InChI is InChI=1S/C12H19N3O2S2/c1-3-18-6-8(2)15-11(9-4-5-9)13-14-12(15)19-7-10(16)17/h8-9H,3-7H2,1-2H3,(H,16,17). The molecule has 0 spiro atoms. The van der Waals surface area contributed by atoms with Crippen LogP contribution < -0.4 is 0 Å². The molecule has 19 heavy (non-hydrogen) atoms. The third kappa shape index (κ3) is 3.89. The molecule has 7 heteroatoms. The fourth-order valence-corrected chi connectivity index (χ4v) is 3.40. The van der Waals surface area contributed by atoms with Gasteiger partial charge < -0.3 is 9.67 Å². The first-order valence-corrected chi connectivity index (χ1v) is 8.64. The van der Waals surface area contributed by atoms with Gasteiger partial charge in [0.1, 0.15) is 5.82 Å². The summed E-state index contributed by atoms with van der Waals surface area (Å²) in [6.45, 7) is 4.30. The van der Waals surface area contributed by atoms with Gasteiger partial charge in [-0.2, -0.15) is 11.8 Å². The van der Waals surface area contributed by atoms with Crippen LogP contribution in [0.25, 0.3) is 0 Å². The van der Waals surface area contributed by atoms with E-state index in [1.807, 2.05) is 11.8 Å². The monoisotopic (exact) mass is 301 g/mol. The minimum Gasteiger partial charge on any atom is -0.481 e. The highest BCUT2D eigenvalue weighted by atomic mass is 32.2. The maximum Gasteiger partial charge on any atom is 0.313 e. The molecule has 0 aliphatic heterocycles. The van der Waals surface area contributed by atoms with Crippen LogP contribution in [-0.2, 0) is 4.79 Å². The third-order valence-corrected chi connectivity index (χ3v) is 5.02. The van der Waals surface area contributed by atoms with E-state index in [2.05, 4.69) is 28.6 Å². The number of aliphatic carboxylic acids is 1. The summed E-state index contributed by atoms with van der Waals surface area (Å²) in [7, 11) is 0. The van der Waals surface area contributed by atoms with Crippen LogP contribution in [0.1, 0.15) is 44.5 Å². The minimum atomic E-state index is -0.817. The van der Waals surface area contributed by atoms with E-state index < -0.39 is 5.97 Å². The van der Waals surface area contributed by atoms with Gasteiger partial charge in [0.15, 0.2) is 5.16 Å². The summed E-state index contributed by atoms with van der Waals surface area (Å²) in [5.41, 5.74) is 0. The first kappa shape index (κ1) is 14.7. The Labute approximate surface area is 121 Å². The number of rotatable bonds is 8. The molecular weight excluding hydrogens is 282 g/mol. The molecule has 0 radical (unpaired) electrons. The van der Waals surface area contributed by atoms with Gasteiger partial charge in [-0.3, -0.25) is 4.79 Å². The molecule has 1 fully saturated rings. The molecule has 106 valence electrons. The molecule has 0 amide bonds. The quantitative estimate of drug-likeness (QED) is 0.745. The molecule has 1 aromatic heterocycles. The van der Waals surface area contributed by atoms with E-state index in [1.54, 1.807) is 0 Å². The van der Waals surface area contributed by atoms with Gasteiger partial charge in [-0.1, -0.05) is 18.7 Å². The van der Waals surface area contributed by atoms with Gasteiger partial charge in [-0.05, 0) is 25.5 Å². The van der Waals surface area contributed by atoms with Crippen LogP contribution >= 0.6 is 23.5 Å². The van der Waals surface area contributed by atoms with E-state index in [0.29, 0.717) is 12.0 Å². The lowest BCUT2D eigenvalue weighted by molar-refractivity contribution is -0.133. The molecule has 1 aromatic rings. The Balaban J connectivity index is 2.14. The third-order valence-electron chi connectivity index (χ3n) is 2.96. The largest absolute Gasteiger partial charge is 0.481 e. The summed E-state index contributed by atoms with van der Waals surface area (Å²) in [4.78, 5) is 10.7. The zero-order valence-electron chi connectivity index (χ0n) is 11.2. The van der Waals surface area contributed by atoms with Crippen LogP contribution in [0.4, 0.5) is 0 Å². The molecule has 0 bridgehead atoms. The number of nitrogens with zero attached hydrogens (tertiary/aromatic N) is 3. The second kappa shape index (κ2) is 6.65. The number of hydrogen-bond acceptors (Lipinski definition) is 5. The highest BCUT2D eigenvalue weighted by molar-refractivity contribution is 7.99. The smallest absolute Gasteiger partial charge is 0.313 e. The maximum atomic E-state index is 10.7. The predicted molar refractivity (Wildman–Crippen MR) is 78.1 cm³/mol. The molecule has 1 N–H and O–H groups in total. The first-order chi connectivity index (χ1) is 9.13. The van der Waals surface area contributed by atoms with Gasteiger partial charge in [0.2, 0.25) is 0 Å². The van der Waals surface area contributed by atoms with E-state index in [4.69, 9.17) is 5.11 Å². The van der Waals surface area contributed by atoms with Crippen molar-refractivity contribution in [1.82, 2.24) is 14.8 Å². The summed E-state index contributed by atoms with van der Waals surface area (Å²) in [5, 5.41) is 18.0. The summed E-state index contributed by atoms with van der Waals surface area (Å²) in [6.07, 6.45) is 2.35. The van der Waals surface area contributed by atoms with Crippen LogP contribution in [0.5, 0.6) is 0 Å². The first-order valence-electron chi connectivity index (χ1n) is 6.50. The van der Waals surface area contributed by atoms with Gasteiger partial charge in [0.05, 0.1) is 5.75 Å². The molecule has 2 rings (SSSR count). The van der Waals surface area contributed by atoms with Crippen molar-refractivity contribution in [1.29, 1.82) is 0 Å². The van der Waals surface area contributed by atoms with Crippen LogP contribution in [0.15, 0.2) is 5.16 Å². The number of thioether (sulfide) groups is 2. The molecule has 1 aliphatic carbocycles. The fourth-order valence-electron chi connectivity index (χ4n) is 1.91. The van der Waals surface area contributed by atoms with E-state index in [9.17, 15) is 4.79 Å². The average molecular weight is 301 g/mol. The predicted octanol–water partition coefficient (Wildman–Crippen LogP) is 2.65. The summed E-state index contributed by atoms with van der Waals surface area (Å²) >= 11 is 3.15. The lowest BCUT2D eigenvalue weighted by Gasteiger charge is -2.17. The zero-order valence-corrected chi connectivity index (χ0v) is 12.8. The van der Waals surface area contributed by atoms with Crippen molar-refractivity contribution in [2.24, 2.45) is 0 Å². The molecule has 1 atom stereocenters. The van der Waals surface area contributed by atoms with Crippen molar-refractivity contribution in [2.45, 2.75) is 43.8 Å². The van der Waals surface area contributed by atoms with Gasteiger partial charge in [-0.25, -0.2) is 0 Å². The Hall–Kier alpha value is -0.690. The Morgan fingerprint density at radius 3 is 2.84 bits per heavy atom. The number of carbonyl (C=O) groups is 1. The van der Waals surface area contributed by atoms with Crippen molar-refractivity contribution < 1.29 is 9.90 Å². The zero-order chi connectivity index (χ0) is 13.8. The highest BCUT2D eigenvalue weighted by Crippen LogP contribution is 2.41. The van der Waals surface area contributed by atoms with Gasteiger partial charge in [0.25, 0.3) is 0 Å². The lowest BCUT2D eigenvalue weighted by atomic mass is 10.3. The minimum absolute atomic E-state index is 0.0381. The summed E-state index contributed by atoms with van der Waals surface area (Å²) in [6, 6.07) is 0.312. The Morgan fingerprint density at radius 2 is 2.26 bits per heavy atom. The topological polar surface area (TPSA) is 68.0 Å². The Bertz CT molecular complexity index is 446. The number of aromatic nitrogens is 3. The normalized spacial score (nSPS) is 16.5. The average Bonchev–Trinajstić information content (AvgIpc) is 3.13. The molecule has 0 saturated heterocycles. The number of carboxylic acid groups (broad SMARTS) is 1. The van der Waals surface area contributed by atoms with Crippen LogP contribution in [0.3, 0.4) is 0 Å². The molecule has 1 aliphatic rings. The van der Waals surface area contributed by atoms with E-state index in [0.717, 1.165) is 22.5 Å². The van der Waals surface area contributed by atoms with E-state index in [-0.39, 0.29) is 5.75 Å². The maximum absolute atomic E-state index is 10.7. The van der Waals surface area contributed by atoms with Crippen molar-refractivity contribution >= 4 is 29.5 Å². The van der Waals surface area contributed by atoms with E-state index >= 15 is 0 Å². The summed E-state index contributed by atoms with van der Waals surface area (Å²) < 4.78 is 2.15. The lowest BCUT2D eigenvalue weighted by Crippen LogP contribution is -2.13. The number of hydrogen-bond donors (Lipinski definition) is 1. The van der Waals surface area contributed by atoms with Crippen LogP contribution in [0.2, 0.25) is 0 Å². The highest BCUT2D eigenvalue weighted by Gasteiger charge is 2.31. The van der Waals surface area contributed by atoms with Gasteiger partial charge >= 0.3 is 5.97 Å². The van der Waals surface area contributed by atoms with Crippen molar-refractivity contribution in [3.05, 3.63) is 5.82 Å². The molecule has 0 aromatic carbocycles. The fraction of sp³-hybridized carbons (Fsp3) is 0.750. The number of carboxylic acids is 1. The Morgan fingerprint density at radius 1 is 1.53 bits per heavy atom. The second-order valence-electron chi connectivity index (χ2n) is 4.68. The molecule has 1 saturated carbocycles. The van der Waals surface area contributed by atoms with Crippen molar-refractivity contribution in [2.75, 3.05) is 17.3 Å². The molecule has 1 unspecified atom stereocenters. The molecule has 5 nitrogen and oxygen atoms in total. The summed E-state index contributed by atoms with van der Waals surface area (Å²) in [5.74, 6) is 2.88. The van der Waals surface area contributed by atoms with Crippen LogP contribution in [-0.4, -0.2) is 43.1 Å². The molecule has 1 heterocycles. The molecular formula is C12H19N3O2S2.